The zero-order chi connectivity index (χ0) is 19.7. The smallest absolute Gasteiger partial charge is 0.254 e. The Bertz CT molecular complexity index is 1020. The van der Waals surface area contributed by atoms with Crippen LogP contribution in [0, 0.1) is 6.92 Å². The number of benzene rings is 1. The lowest BCUT2D eigenvalue weighted by Gasteiger charge is -2.31. The van der Waals surface area contributed by atoms with Gasteiger partial charge in [-0.1, -0.05) is 18.2 Å². The van der Waals surface area contributed by atoms with Gasteiger partial charge < -0.3 is 10.2 Å². The summed E-state index contributed by atoms with van der Waals surface area (Å²) in [5.74, 6) is 0.306. The summed E-state index contributed by atoms with van der Waals surface area (Å²) in [5.41, 5.74) is 2.23. The van der Waals surface area contributed by atoms with Crippen LogP contribution in [0.4, 0.5) is 0 Å². The molecule has 0 unspecified atom stereocenters. The molecule has 144 valence electrons. The van der Waals surface area contributed by atoms with E-state index in [1.54, 1.807) is 16.5 Å². The fraction of sp³-hybridized carbons (Fsp3) is 0.350. The molecule has 1 aromatic carbocycles. The Morgan fingerprint density at radius 1 is 1.11 bits per heavy atom. The minimum atomic E-state index is -0.200. The third-order valence-corrected chi connectivity index (χ3v) is 5.14. The summed E-state index contributed by atoms with van der Waals surface area (Å²) in [4.78, 5) is 34.4. The molecule has 0 atom stereocenters. The summed E-state index contributed by atoms with van der Waals surface area (Å²) in [5, 5.41) is 8.56. The van der Waals surface area contributed by atoms with Gasteiger partial charge in [-0.15, -0.1) is 0 Å². The van der Waals surface area contributed by atoms with Crippen LogP contribution in [0.25, 0.3) is 16.9 Å². The van der Waals surface area contributed by atoms with Gasteiger partial charge in [0.15, 0.2) is 0 Å². The fourth-order valence-electron chi connectivity index (χ4n) is 3.53. The number of hydrogen-bond acceptors (Lipinski definition) is 5. The molecular formula is C20H22N6O2. The first-order valence-corrected chi connectivity index (χ1v) is 9.36. The predicted molar refractivity (Wildman–Crippen MR) is 104 cm³/mol. The van der Waals surface area contributed by atoms with Crippen molar-refractivity contribution in [1.29, 1.82) is 0 Å². The zero-order valence-corrected chi connectivity index (χ0v) is 15.9. The molecule has 8 nitrogen and oxygen atoms in total. The first kappa shape index (κ1) is 18.1. The Morgan fingerprint density at radius 3 is 2.46 bits per heavy atom. The van der Waals surface area contributed by atoms with Crippen LogP contribution in [0.3, 0.4) is 0 Å². The molecule has 4 rings (SSSR count). The number of para-hydroxylation sites is 1. The van der Waals surface area contributed by atoms with Crippen LogP contribution in [0.2, 0.25) is 0 Å². The minimum Gasteiger partial charge on any atom is -0.349 e. The molecule has 2 aromatic heterocycles. The highest BCUT2D eigenvalue weighted by atomic mass is 16.2. The minimum absolute atomic E-state index is 0.0560. The number of aryl methyl sites for hydroxylation is 1. The standard InChI is InChI=1S/C20H22N6O2/c1-13-17-5-3-4-6-18(17)26(24-13)20-21-11-15(12-22-20)19(28)23-16-7-9-25(10-8-16)14(2)27/h3-6,11-12,16H,7-10H2,1-2H3,(H,23,28). The molecule has 0 saturated carbocycles. The maximum absolute atomic E-state index is 12.5. The molecule has 3 aromatic rings. The normalized spacial score (nSPS) is 15.0. The number of likely N-dealkylation sites (tertiary alicyclic amines) is 1. The summed E-state index contributed by atoms with van der Waals surface area (Å²) in [6, 6.07) is 7.94. The average molecular weight is 378 g/mol. The summed E-state index contributed by atoms with van der Waals surface area (Å²) in [7, 11) is 0. The number of rotatable bonds is 3. The monoisotopic (exact) mass is 378 g/mol. The van der Waals surface area contributed by atoms with Crippen molar-refractivity contribution in [1.82, 2.24) is 30.0 Å². The van der Waals surface area contributed by atoms with Crippen LogP contribution in [0.1, 0.15) is 35.8 Å². The highest BCUT2D eigenvalue weighted by molar-refractivity contribution is 5.93. The SMILES string of the molecule is CC(=O)N1CCC(NC(=O)c2cnc(-n3nc(C)c4ccccc43)nc2)CC1. The highest BCUT2D eigenvalue weighted by Gasteiger charge is 2.22. The van der Waals surface area contributed by atoms with E-state index in [0.29, 0.717) is 24.6 Å². The average Bonchev–Trinajstić information content (AvgIpc) is 3.05. The van der Waals surface area contributed by atoms with Gasteiger partial charge in [0.2, 0.25) is 5.91 Å². The van der Waals surface area contributed by atoms with Crippen LogP contribution < -0.4 is 5.32 Å². The summed E-state index contributed by atoms with van der Waals surface area (Å²) < 4.78 is 1.68. The van der Waals surface area contributed by atoms with Crippen LogP contribution in [0.5, 0.6) is 0 Å². The Labute approximate surface area is 162 Å². The molecule has 2 amide bonds. The van der Waals surface area contributed by atoms with Gasteiger partial charge >= 0.3 is 0 Å². The maximum atomic E-state index is 12.5. The number of nitrogens with one attached hydrogen (secondary N) is 1. The van der Waals surface area contributed by atoms with E-state index >= 15 is 0 Å². The molecule has 28 heavy (non-hydrogen) atoms. The number of hydrogen-bond donors (Lipinski definition) is 1. The molecule has 3 heterocycles. The van der Waals surface area contributed by atoms with Crippen molar-refractivity contribution in [3.8, 4) is 5.95 Å². The second kappa shape index (κ2) is 7.38. The molecule has 0 aliphatic carbocycles. The number of carbonyl (C=O) groups excluding carboxylic acids is 2. The largest absolute Gasteiger partial charge is 0.349 e. The van der Waals surface area contributed by atoms with Gasteiger partial charge in [-0.3, -0.25) is 9.59 Å². The number of aromatic nitrogens is 4. The van der Waals surface area contributed by atoms with Crippen molar-refractivity contribution in [2.45, 2.75) is 32.7 Å². The molecule has 8 heteroatoms. The van der Waals surface area contributed by atoms with Crippen LogP contribution >= 0.6 is 0 Å². The van der Waals surface area contributed by atoms with Crippen molar-refractivity contribution in [3.05, 3.63) is 47.9 Å². The Kier molecular flexibility index (Phi) is 4.77. The van der Waals surface area contributed by atoms with Gasteiger partial charge in [-0.05, 0) is 25.8 Å². The molecule has 0 bridgehead atoms. The van der Waals surface area contributed by atoms with Gasteiger partial charge in [0, 0.05) is 43.8 Å². The molecule has 0 spiro atoms. The fourth-order valence-corrected chi connectivity index (χ4v) is 3.53. The van der Waals surface area contributed by atoms with E-state index in [1.165, 1.54) is 12.4 Å². The number of carbonyl (C=O) groups is 2. The zero-order valence-electron chi connectivity index (χ0n) is 15.9. The van der Waals surface area contributed by atoms with Crippen molar-refractivity contribution in [3.63, 3.8) is 0 Å². The summed E-state index contributed by atoms with van der Waals surface area (Å²) >= 11 is 0. The van der Waals surface area contributed by atoms with E-state index in [-0.39, 0.29) is 17.9 Å². The quantitative estimate of drug-likeness (QED) is 0.751. The molecule has 1 aliphatic rings. The van der Waals surface area contributed by atoms with E-state index in [9.17, 15) is 9.59 Å². The summed E-state index contributed by atoms with van der Waals surface area (Å²) in [6.07, 6.45) is 4.55. The van der Waals surface area contributed by atoms with E-state index in [2.05, 4.69) is 20.4 Å². The Morgan fingerprint density at radius 2 is 1.79 bits per heavy atom. The molecule has 1 fully saturated rings. The van der Waals surface area contributed by atoms with Crippen molar-refractivity contribution < 1.29 is 9.59 Å². The second-order valence-corrected chi connectivity index (χ2v) is 7.04. The number of fused-ring (bicyclic) bond motifs is 1. The predicted octanol–water partition coefficient (Wildman–Crippen LogP) is 1.86. The van der Waals surface area contributed by atoms with E-state index < -0.39 is 0 Å². The van der Waals surface area contributed by atoms with Crippen LogP contribution in [-0.2, 0) is 4.79 Å². The molecular weight excluding hydrogens is 356 g/mol. The van der Waals surface area contributed by atoms with E-state index in [4.69, 9.17) is 0 Å². The van der Waals surface area contributed by atoms with Gasteiger partial charge in [-0.2, -0.15) is 9.78 Å². The second-order valence-electron chi connectivity index (χ2n) is 7.04. The van der Waals surface area contributed by atoms with E-state index in [0.717, 1.165) is 29.4 Å². The first-order valence-electron chi connectivity index (χ1n) is 9.36. The molecule has 0 radical (unpaired) electrons. The number of piperidine rings is 1. The first-order chi connectivity index (χ1) is 13.5. The van der Waals surface area contributed by atoms with E-state index in [1.807, 2.05) is 31.2 Å². The van der Waals surface area contributed by atoms with Gasteiger partial charge in [-0.25, -0.2) is 9.97 Å². The summed E-state index contributed by atoms with van der Waals surface area (Å²) in [6.45, 7) is 4.85. The third kappa shape index (κ3) is 3.45. The van der Waals surface area contributed by atoms with Crippen molar-refractivity contribution in [2.75, 3.05) is 13.1 Å². The maximum Gasteiger partial charge on any atom is 0.254 e. The van der Waals surface area contributed by atoms with Gasteiger partial charge in [0.05, 0.1) is 16.8 Å². The van der Waals surface area contributed by atoms with Crippen LogP contribution in [0.15, 0.2) is 36.7 Å². The lowest BCUT2D eigenvalue weighted by atomic mass is 10.0. The molecule has 1 aliphatic heterocycles. The van der Waals surface area contributed by atoms with Crippen molar-refractivity contribution in [2.24, 2.45) is 0 Å². The molecule has 1 N–H and O–H groups in total. The van der Waals surface area contributed by atoms with Crippen LogP contribution in [-0.4, -0.2) is 55.6 Å². The number of amides is 2. The van der Waals surface area contributed by atoms with Gasteiger partial charge in [0.1, 0.15) is 0 Å². The van der Waals surface area contributed by atoms with Gasteiger partial charge in [0.25, 0.3) is 11.9 Å². The Hall–Kier alpha value is -3.29. The number of nitrogens with zero attached hydrogens (tertiary/aromatic N) is 5. The highest BCUT2D eigenvalue weighted by Crippen LogP contribution is 2.19. The lowest BCUT2D eigenvalue weighted by molar-refractivity contribution is -0.129. The molecule has 1 saturated heterocycles. The topological polar surface area (TPSA) is 93.0 Å². The van der Waals surface area contributed by atoms with Crippen molar-refractivity contribution >= 4 is 22.7 Å². The third-order valence-electron chi connectivity index (χ3n) is 5.14. The lowest BCUT2D eigenvalue weighted by Crippen LogP contribution is -2.46. The Balaban J connectivity index is 1.46.